The molecule has 1 heterocycles. The zero-order valence-corrected chi connectivity index (χ0v) is 12.9. The summed E-state index contributed by atoms with van der Waals surface area (Å²) in [7, 11) is 1.75. The van der Waals surface area contributed by atoms with Gasteiger partial charge in [0, 0.05) is 13.5 Å². The fourth-order valence-electron chi connectivity index (χ4n) is 2.60. The number of halogens is 1. The van der Waals surface area contributed by atoms with Crippen LogP contribution >= 0.6 is 0 Å². The molecule has 0 spiro atoms. The van der Waals surface area contributed by atoms with Crippen LogP contribution in [0.2, 0.25) is 0 Å². The maximum absolute atomic E-state index is 13.3. The molecule has 0 amide bonds. The second-order valence-electron chi connectivity index (χ2n) is 5.65. The molecule has 0 saturated carbocycles. The van der Waals surface area contributed by atoms with E-state index in [2.05, 4.69) is 4.98 Å². The van der Waals surface area contributed by atoms with Gasteiger partial charge in [0.1, 0.15) is 11.5 Å². The Balaban J connectivity index is 2.16. The molecule has 0 aliphatic rings. The highest BCUT2D eigenvalue weighted by Gasteiger charge is 2.11. The Kier molecular flexibility index (Phi) is 3.53. The standard InChI is InChI=1S/C18H17FN2O/c1-11-7-15-17(8-12(11)2)21(3)18(22)16(20-15)10-13-5-4-6-14(19)9-13/h4-9H,10H2,1-3H3. The minimum Gasteiger partial charge on any atom is -0.308 e. The summed E-state index contributed by atoms with van der Waals surface area (Å²) < 4.78 is 14.9. The minimum atomic E-state index is -0.304. The first-order valence-corrected chi connectivity index (χ1v) is 7.17. The molecule has 0 unspecified atom stereocenters. The quantitative estimate of drug-likeness (QED) is 0.727. The van der Waals surface area contributed by atoms with Crippen LogP contribution in [0.4, 0.5) is 4.39 Å². The number of rotatable bonds is 2. The third kappa shape index (κ3) is 2.52. The summed E-state index contributed by atoms with van der Waals surface area (Å²) in [5.41, 5.74) is 4.90. The van der Waals surface area contributed by atoms with Gasteiger partial charge in [0.15, 0.2) is 0 Å². The zero-order chi connectivity index (χ0) is 15.9. The third-order valence-corrected chi connectivity index (χ3v) is 4.02. The molecule has 0 saturated heterocycles. The Labute approximate surface area is 128 Å². The smallest absolute Gasteiger partial charge is 0.272 e. The van der Waals surface area contributed by atoms with Gasteiger partial charge in [-0.2, -0.15) is 0 Å². The predicted octanol–water partition coefficient (Wildman–Crippen LogP) is 3.28. The molecule has 1 aromatic heterocycles. The zero-order valence-electron chi connectivity index (χ0n) is 12.9. The van der Waals surface area contributed by atoms with Crippen molar-refractivity contribution in [2.75, 3.05) is 0 Å². The maximum atomic E-state index is 13.3. The molecule has 3 aromatic rings. The molecule has 112 valence electrons. The Morgan fingerprint density at radius 1 is 1.14 bits per heavy atom. The van der Waals surface area contributed by atoms with Crippen LogP contribution in [0.5, 0.6) is 0 Å². The van der Waals surface area contributed by atoms with Crippen molar-refractivity contribution >= 4 is 11.0 Å². The molecule has 0 radical (unpaired) electrons. The molecular weight excluding hydrogens is 279 g/mol. The first kappa shape index (κ1) is 14.4. The van der Waals surface area contributed by atoms with Crippen LogP contribution in [0.15, 0.2) is 41.2 Å². The topological polar surface area (TPSA) is 34.9 Å². The highest BCUT2D eigenvalue weighted by atomic mass is 19.1. The van der Waals surface area contributed by atoms with E-state index in [0.717, 1.165) is 27.7 Å². The van der Waals surface area contributed by atoms with Gasteiger partial charge in [0.25, 0.3) is 5.56 Å². The summed E-state index contributed by atoms with van der Waals surface area (Å²) in [5.74, 6) is -0.304. The number of nitrogens with zero attached hydrogens (tertiary/aromatic N) is 2. The molecule has 0 N–H and O–H groups in total. The summed E-state index contributed by atoms with van der Waals surface area (Å²) in [6.07, 6.45) is 0.327. The van der Waals surface area contributed by atoms with Crippen molar-refractivity contribution in [3.63, 3.8) is 0 Å². The number of fused-ring (bicyclic) bond motifs is 1. The van der Waals surface area contributed by atoms with Crippen molar-refractivity contribution < 1.29 is 4.39 Å². The normalized spacial score (nSPS) is 11.1. The van der Waals surface area contributed by atoms with Crippen LogP contribution in [-0.2, 0) is 13.5 Å². The van der Waals surface area contributed by atoms with Crippen LogP contribution in [0.3, 0.4) is 0 Å². The van der Waals surface area contributed by atoms with Crippen LogP contribution < -0.4 is 5.56 Å². The Morgan fingerprint density at radius 3 is 2.59 bits per heavy atom. The summed E-state index contributed by atoms with van der Waals surface area (Å²) >= 11 is 0. The Morgan fingerprint density at radius 2 is 1.86 bits per heavy atom. The van der Waals surface area contributed by atoms with Crippen molar-refractivity contribution in [2.24, 2.45) is 7.05 Å². The number of hydrogen-bond donors (Lipinski definition) is 0. The first-order valence-electron chi connectivity index (χ1n) is 7.17. The molecule has 3 rings (SSSR count). The van der Waals surface area contributed by atoms with Gasteiger partial charge in [-0.15, -0.1) is 0 Å². The van der Waals surface area contributed by atoms with E-state index in [9.17, 15) is 9.18 Å². The molecule has 0 aliphatic heterocycles. The lowest BCUT2D eigenvalue weighted by atomic mass is 10.1. The SMILES string of the molecule is Cc1cc2nc(Cc3cccc(F)c3)c(=O)n(C)c2cc1C. The average Bonchev–Trinajstić information content (AvgIpc) is 2.47. The fraction of sp³-hybridized carbons (Fsp3) is 0.222. The molecule has 3 nitrogen and oxygen atoms in total. The Hall–Kier alpha value is -2.49. The van der Waals surface area contributed by atoms with Crippen LogP contribution in [-0.4, -0.2) is 9.55 Å². The molecule has 0 bridgehead atoms. The monoisotopic (exact) mass is 296 g/mol. The summed E-state index contributed by atoms with van der Waals surface area (Å²) in [4.78, 5) is 17.0. The van der Waals surface area contributed by atoms with Crippen LogP contribution in [0.1, 0.15) is 22.4 Å². The summed E-state index contributed by atoms with van der Waals surface area (Å²) in [5, 5.41) is 0. The van der Waals surface area contributed by atoms with Gasteiger partial charge in [0.2, 0.25) is 0 Å². The number of aryl methyl sites for hydroxylation is 3. The second kappa shape index (κ2) is 5.37. The molecule has 2 aromatic carbocycles. The van der Waals surface area contributed by atoms with E-state index in [1.54, 1.807) is 23.7 Å². The lowest BCUT2D eigenvalue weighted by Gasteiger charge is -2.10. The fourth-order valence-corrected chi connectivity index (χ4v) is 2.60. The van der Waals surface area contributed by atoms with E-state index < -0.39 is 0 Å². The highest BCUT2D eigenvalue weighted by Crippen LogP contribution is 2.17. The van der Waals surface area contributed by atoms with Gasteiger partial charge in [0.05, 0.1) is 11.0 Å². The van der Waals surface area contributed by atoms with Crippen molar-refractivity contribution in [3.05, 3.63) is 75.0 Å². The summed E-state index contributed by atoms with van der Waals surface area (Å²) in [6.45, 7) is 4.04. The van der Waals surface area contributed by atoms with Gasteiger partial charge >= 0.3 is 0 Å². The van der Waals surface area contributed by atoms with E-state index in [0.29, 0.717) is 12.1 Å². The molecule has 22 heavy (non-hydrogen) atoms. The van der Waals surface area contributed by atoms with Gasteiger partial charge in [-0.1, -0.05) is 12.1 Å². The van der Waals surface area contributed by atoms with E-state index in [-0.39, 0.29) is 11.4 Å². The van der Waals surface area contributed by atoms with Crippen molar-refractivity contribution in [2.45, 2.75) is 20.3 Å². The molecule has 0 aliphatic carbocycles. The minimum absolute atomic E-state index is 0.139. The molecule has 0 atom stereocenters. The average molecular weight is 296 g/mol. The van der Waals surface area contributed by atoms with E-state index in [1.165, 1.54) is 12.1 Å². The highest BCUT2D eigenvalue weighted by molar-refractivity contribution is 5.76. The van der Waals surface area contributed by atoms with Gasteiger partial charge in [-0.05, 0) is 54.8 Å². The Bertz CT molecular complexity index is 928. The second-order valence-corrected chi connectivity index (χ2v) is 5.65. The van der Waals surface area contributed by atoms with Crippen LogP contribution in [0, 0.1) is 19.7 Å². The molecular formula is C18H17FN2O. The number of aromatic nitrogens is 2. The van der Waals surface area contributed by atoms with Crippen molar-refractivity contribution in [1.82, 2.24) is 9.55 Å². The summed E-state index contributed by atoms with van der Waals surface area (Å²) in [6, 6.07) is 10.2. The van der Waals surface area contributed by atoms with E-state index >= 15 is 0 Å². The lowest BCUT2D eigenvalue weighted by molar-refractivity contribution is 0.626. The van der Waals surface area contributed by atoms with E-state index in [1.807, 2.05) is 26.0 Å². The number of benzene rings is 2. The molecule has 4 heteroatoms. The van der Waals surface area contributed by atoms with Crippen molar-refractivity contribution in [1.29, 1.82) is 0 Å². The predicted molar refractivity (Wildman–Crippen MR) is 85.7 cm³/mol. The van der Waals surface area contributed by atoms with E-state index in [4.69, 9.17) is 0 Å². The van der Waals surface area contributed by atoms with Crippen LogP contribution in [0.25, 0.3) is 11.0 Å². The molecule has 0 fully saturated rings. The van der Waals surface area contributed by atoms with Gasteiger partial charge in [-0.3, -0.25) is 4.79 Å². The van der Waals surface area contributed by atoms with Gasteiger partial charge < -0.3 is 4.57 Å². The maximum Gasteiger partial charge on any atom is 0.272 e. The van der Waals surface area contributed by atoms with Gasteiger partial charge in [-0.25, -0.2) is 9.37 Å². The largest absolute Gasteiger partial charge is 0.308 e. The third-order valence-electron chi connectivity index (χ3n) is 4.02. The lowest BCUT2D eigenvalue weighted by Crippen LogP contribution is -2.23. The number of hydrogen-bond acceptors (Lipinski definition) is 2. The first-order chi connectivity index (χ1) is 10.5. The van der Waals surface area contributed by atoms with Crippen molar-refractivity contribution in [3.8, 4) is 0 Å².